The van der Waals surface area contributed by atoms with E-state index in [0.29, 0.717) is 78.0 Å². The number of nitrogens with zero attached hydrogens (tertiary/aromatic N) is 4. The van der Waals surface area contributed by atoms with E-state index in [1.165, 1.54) is 0 Å². The number of rotatable bonds is 19. The number of fused-ring (bicyclic) bond motifs is 8. The minimum Gasteiger partial charge on any atom is -0.493 e. The van der Waals surface area contributed by atoms with Gasteiger partial charge in [0.2, 0.25) is 11.8 Å². The first-order chi connectivity index (χ1) is 34.7. The van der Waals surface area contributed by atoms with Gasteiger partial charge in [0, 0.05) is 86.3 Å². The molecule has 0 bridgehead atoms. The third-order valence-corrected chi connectivity index (χ3v) is 17.1. The smallest absolute Gasteiger partial charge is 0.260 e. The summed E-state index contributed by atoms with van der Waals surface area (Å²) in [5, 5.41) is 6.07. The summed E-state index contributed by atoms with van der Waals surface area (Å²) in [5.74, 6) is 2.26. The largest absolute Gasteiger partial charge is 0.493 e. The predicted octanol–water partition coefficient (Wildman–Crippen LogP) is 9.70. The first-order valence-electron chi connectivity index (χ1n) is 24.7. The third-order valence-electron chi connectivity index (χ3n) is 13.7. The van der Waals surface area contributed by atoms with Gasteiger partial charge in [0.05, 0.1) is 48.8 Å². The van der Waals surface area contributed by atoms with Gasteiger partial charge in [0.25, 0.3) is 11.8 Å². The van der Waals surface area contributed by atoms with E-state index < -0.39 is 0 Å². The van der Waals surface area contributed by atoms with Gasteiger partial charge in [0.15, 0.2) is 23.0 Å². The van der Waals surface area contributed by atoms with Gasteiger partial charge in [-0.3, -0.25) is 19.2 Å². The monoisotopic (exact) mass is 1010 g/mol. The van der Waals surface area contributed by atoms with Crippen molar-refractivity contribution in [3.8, 4) is 23.0 Å². The number of anilines is 5. The molecule has 14 nitrogen and oxygen atoms in total. The van der Waals surface area contributed by atoms with Crippen LogP contribution in [0.2, 0.25) is 0 Å². The lowest BCUT2D eigenvalue weighted by Crippen LogP contribution is -2.41. The number of hydrogen-bond donors (Lipinski definition) is 2. The molecule has 4 aliphatic heterocycles. The second-order valence-corrected chi connectivity index (χ2v) is 22.7. The molecule has 0 fully saturated rings. The van der Waals surface area contributed by atoms with E-state index in [1.54, 1.807) is 47.9 Å². The first kappa shape index (κ1) is 50.4. The van der Waals surface area contributed by atoms with E-state index in [-0.39, 0.29) is 60.1 Å². The molecule has 2 N–H and O–H groups in total. The quantitative estimate of drug-likeness (QED) is 0.0601. The Kier molecular flexibility index (Phi) is 15.2. The number of para-hydroxylation sites is 2. The maximum Gasteiger partial charge on any atom is 0.260 e. The van der Waals surface area contributed by atoms with Crippen molar-refractivity contribution in [3.63, 3.8) is 0 Å². The number of benzene rings is 5. The van der Waals surface area contributed by atoms with E-state index in [2.05, 4.69) is 46.4 Å². The fraction of sp³-hybridized carbons (Fsp3) is 0.393. The fourth-order valence-corrected chi connectivity index (χ4v) is 12.7. The number of methoxy groups -OCH3 is 2. The van der Waals surface area contributed by atoms with Crippen molar-refractivity contribution in [2.75, 3.05) is 78.6 Å². The van der Waals surface area contributed by atoms with Crippen molar-refractivity contribution < 1.29 is 38.1 Å². The zero-order valence-corrected chi connectivity index (χ0v) is 43.8. The molecule has 2 atom stereocenters. The summed E-state index contributed by atoms with van der Waals surface area (Å²) < 4.78 is 24.7. The molecule has 0 saturated carbocycles. The molecule has 0 aromatic heterocycles. The number of amides is 4. The van der Waals surface area contributed by atoms with E-state index >= 15 is 0 Å². The van der Waals surface area contributed by atoms with Crippen LogP contribution in [0.5, 0.6) is 23.0 Å². The van der Waals surface area contributed by atoms with Gasteiger partial charge < -0.3 is 49.2 Å². The Labute approximate surface area is 430 Å². The third kappa shape index (κ3) is 10.8. The van der Waals surface area contributed by atoms with Crippen molar-refractivity contribution in [2.24, 2.45) is 0 Å². The molecular weight excluding hydrogens is 949 g/mol. The molecule has 5 aromatic carbocycles. The van der Waals surface area contributed by atoms with Crippen molar-refractivity contribution in [1.82, 2.24) is 5.32 Å². The maximum absolute atomic E-state index is 14.3. The molecule has 5 aromatic rings. The number of ether oxygens (including phenoxy) is 4. The topological polar surface area (TPSA) is 142 Å². The highest BCUT2D eigenvalue weighted by Crippen LogP contribution is 2.45. The maximum atomic E-state index is 14.3. The SMILES string of the molecule is CCCNC(=O)CCSSC(C)(C)CCC(=O)Nc1cc(COc2cc3c(cc2OC)C(=O)N2c4ccccc4C[C@H]2CN3C)cc(COc2cc3c(cc2OC)C(=O)N2c4ccccc4C[C@H]2CN3C)c1. The summed E-state index contributed by atoms with van der Waals surface area (Å²) in [4.78, 5) is 62.4. The molecule has 0 spiro atoms. The fourth-order valence-electron chi connectivity index (χ4n) is 10.2. The van der Waals surface area contributed by atoms with Crippen LogP contribution in [0.3, 0.4) is 0 Å². The lowest BCUT2D eigenvalue weighted by molar-refractivity contribution is -0.120. The molecule has 4 aliphatic rings. The Morgan fingerprint density at radius 2 is 1.18 bits per heavy atom. The first-order valence-corrected chi connectivity index (χ1v) is 27.0. The summed E-state index contributed by atoms with van der Waals surface area (Å²) in [6.07, 6.45) is 3.82. The van der Waals surface area contributed by atoms with E-state index in [1.807, 2.05) is 97.5 Å². The van der Waals surface area contributed by atoms with Gasteiger partial charge in [-0.25, -0.2) is 0 Å². The van der Waals surface area contributed by atoms with Crippen molar-refractivity contribution in [3.05, 3.63) is 124 Å². The second-order valence-electron chi connectivity index (χ2n) is 19.6. The summed E-state index contributed by atoms with van der Waals surface area (Å²) >= 11 is 0. The molecule has 72 heavy (non-hydrogen) atoms. The Morgan fingerprint density at radius 3 is 1.68 bits per heavy atom. The summed E-state index contributed by atoms with van der Waals surface area (Å²) in [7, 11) is 10.5. The molecule has 0 unspecified atom stereocenters. The van der Waals surface area contributed by atoms with Crippen LogP contribution in [0, 0.1) is 0 Å². The number of carbonyl (C=O) groups is 4. The van der Waals surface area contributed by atoms with Crippen LogP contribution in [0.25, 0.3) is 0 Å². The van der Waals surface area contributed by atoms with Crippen molar-refractivity contribution in [2.45, 2.75) is 89.3 Å². The molecule has 0 radical (unpaired) electrons. The molecule has 0 aliphatic carbocycles. The standard InChI is InChI=1S/C56H64N6O8S2/c1-8-20-57-52(63)18-21-71-72-56(2,3)19-17-53(64)58-39-23-35(33-69-50-29-46-42(27-48(50)67-6)54(65)61-40(31-59(46)4)25-37-13-9-11-15-44(37)61)22-36(24-39)34-70-51-30-47-43(28-49(51)68-7)55(66)62-41(32-60(47)5)26-38-14-10-12-16-45(38)62/h9-16,22-24,27-30,40-41H,8,17-21,25-26,31-34H2,1-7H3,(H,57,63)(H,58,64)/t40-,41-/m0/s1. The average Bonchev–Trinajstić information content (AvgIpc) is 3.88. The second kappa shape index (κ2) is 21.7. The van der Waals surface area contributed by atoms with Crippen LogP contribution in [0.4, 0.5) is 28.4 Å². The molecule has 4 heterocycles. The van der Waals surface area contributed by atoms with Gasteiger partial charge in [-0.1, -0.05) is 64.9 Å². The summed E-state index contributed by atoms with van der Waals surface area (Å²) in [5.41, 5.74) is 8.89. The van der Waals surface area contributed by atoms with Crippen molar-refractivity contribution >= 4 is 73.7 Å². The Morgan fingerprint density at radius 1 is 0.667 bits per heavy atom. The molecule has 9 rings (SSSR count). The van der Waals surface area contributed by atoms with E-state index in [9.17, 15) is 19.2 Å². The van der Waals surface area contributed by atoms with Crippen LogP contribution in [0.1, 0.15) is 89.4 Å². The lowest BCUT2D eigenvalue weighted by Gasteiger charge is -2.25. The average molecular weight is 1010 g/mol. The predicted molar refractivity (Wildman–Crippen MR) is 289 cm³/mol. The zero-order chi connectivity index (χ0) is 50.7. The Balaban J connectivity index is 0.946. The van der Waals surface area contributed by atoms with Crippen LogP contribution >= 0.6 is 21.6 Å². The van der Waals surface area contributed by atoms with Crippen LogP contribution in [-0.2, 0) is 35.6 Å². The van der Waals surface area contributed by atoms with Crippen LogP contribution in [-0.4, -0.2) is 94.2 Å². The van der Waals surface area contributed by atoms with Crippen LogP contribution in [0.15, 0.2) is 91.0 Å². The van der Waals surface area contributed by atoms with E-state index in [4.69, 9.17) is 18.9 Å². The zero-order valence-electron chi connectivity index (χ0n) is 42.2. The van der Waals surface area contributed by atoms with Gasteiger partial charge in [0.1, 0.15) is 13.2 Å². The van der Waals surface area contributed by atoms with Gasteiger partial charge >= 0.3 is 0 Å². The Bertz CT molecular complexity index is 2720. The summed E-state index contributed by atoms with van der Waals surface area (Å²) in [6, 6.07) is 29.2. The minimum absolute atomic E-state index is 0.00941. The lowest BCUT2D eigenvalue weighted by atomic mass is 10.1. The molecular formula is C56H64N6O8S2. The van der Waals surface area contributed by atoms with E-state index in [0.717, 1.165) is 64.3 Å². The van der Waals surface area contributed by atoms with Gasteiger partial charge in [-0.05, 0) is 104 Å². The highest BCUT2D eigenvalue weighted by Gasteiger charge is 2.41. The van der Waals surface area contributed by atoms with Crippen LogP contribution < -0.4 is 49.2 Å². The number of carbonyl (C=O) groups excluding carboxylic acids is 4. The highest BCUT2D eigenvalue weighted by molar-refractivity contribution is 8.77. The minimum atomic E-state index is -0.213. The van der Waals surface area contributed by atoms with Gasteiger partial charge in [-0.2, -0.15) is 0 Å². The highest BCUT2D eigenvalue weighted by atomic mass is 33.1. The number of nitrogens with one attached hydrogen (secondary N) is 2. The van der Waals surface area contributed by atoms with Gasteiger partial charge in [-0.15, -0.1) is 0 Å². The molecule has 16 heteroatoms. The molecule has 378 valence electrons. The summed E-state index contributed by atoms with van der Waals surface area (Å²) in [6.45, 7) is 8.45. The van der Waals surface area contributed by atoms with Crippen molar-refractivity contribution in [1.29, 1.82) is 0 Å². The molecule has 0 saturated heterocycles. The number of likely N-dealkylation sites (N-methyl/N-ethyl adjacent to an activating group) is 2. The number of hydrogen-bond acceptors (Lipinski definition) is 12. The normalized spacial score (nSPS) is 16.7. The Hall–Kier alpha value is -6.52. The molecule has 4 amide bonds.